The molecular weight excluding hydrogens is 260 g/mol. The lowest BCUT2D eigenvalue weighted by molar-refractivity contribution is 0.0496. The molecule has 1 atom stereocenters. The molecular formula is C14H28N2O4. The van der Waals surface area contributed by atoms with Crippen LogP contribution in [0.4, 0.5) is 9.59 Å². The molecule has 0 saturated heterocycles. The van der Waals surface area contributed by atoms with Crippen molar-refractivity contribution < 1.29 is 19.1 Å². The highest BCUT2D eigenvalue weighted by atomic mass is 16.6. The van der Waals surface area contributed by atoms with E-state index >= 15 is 0 Å². The van der Waals surface area contributed by atoms with Crippen molar-refractivity contribution in [1.29, 1.82) is 0 Å². The third-order valence-corrected chi connectivity index (χ3v) is 2.25. The van der Waals surface area contributed by atoms with Crippen LogP contribution in [0.15, 0.2) is 0 Å². The monoisotopic (exact) mass is 288 g/mol. The van der Waals surface area contributed by atoms with Gasteiger partial charge >= 0.3 is 12.2 Å². The Kier molecular flexibility index (Phi) is 8.03. The second-order valence-electron chi connectivity index (χ2n) is 6.07. The average molecular weight is 288 g/mol. The first-order valence-corrected chi connectivity index (χ1v) is 7.04. The van der Waals surface area contributed by atoms with E-state index in [2.05, 4.69) is 10.6 Å². The highest BCUT2D eigenvalue weighted by molar-refractivity contribution is 5.69. The zero-order chi connectivity index (χ0) is 15.8. The first kappa shape index (κ1) is 18.5. The Morgan fingerprint density at radius 3 is 2.20 bits per heavy atom. The molecule has 20 heavy (non-hydrogen) atoms. The van der Waals surface area contributed by atoms with E-state index in [-0.39, 0.29) is 6.04 Å². The van der Waals surface area contributed by atoms with Crippen LogP contribution in [0.1, 0.15) is 48.0 Å². The number of ether oxygens (including phenoxy) is 2. The molecule has 118 valence electrons. The van der Waals surface area contributed by atoms with Gasteiger partial charge < -0.3 is 20.1 Å². The Morgan fingerprint density at radius 1 is 1.15 bits per heavy atom. The van der Waals surface area contributed by atoms with Gasteiger partial charge in [0.05, 0.1) is 6.61 Å². The van der Waals surface area contributed by atoms with E-state index in [1.807, 2.05) is 13.8 Å². The van der Waals surface area contributed by atoms with Crippen LogP contribution in [0.25, 0.3) is 0 Å². The average Bonchev–Trinajstić information content (AvgIpc) is 2.22. The van der Waals surface area contributed by atoms with Gasteiger partial charge in [0.2, 0.25) is 0 Å². The number of carbonyl (C=O) groups is 2. The topological polar surface area (TPSA) is 76.7 Å². The Balaban J connectivity index is 4.34. The first-order chi connectivity index (χ1) is 9.14. The molecule has 6 nitrogen and oxygen atoms in total. The van der Waals surface area contributed by atoms with E-state index in [1.54, 1.807) is 27.7 Å². The van der Waals surface area contributed by atoms with Crippen molar-refractivity contribution in [2.75, 3.05) is 13.2 Å². The van der Waals surface area contributed by atoms with Crippen molar-refractivity contribution >= 4 is 12.2 Å². The van der Waals surface area contributed by atoms with Crippen LogP contribution in [-0.2, 0) is 9.47 Å². The Hall–Kier alpha value is -1.46. The lowest BCUT2D eigenvalue weighted by Crippen LogP contribution is -2.46. The normalized spacial score (nSPS) is 12.8. The molecule has 6 heteroatoms. The third kappa shape index (κ3) is 10.5. The van der Waals surface area contributed by atoms with Crippen LogP contribution in [0.2, 0.25) is 0 Å². The maximum Gasteiger partial charge on any atom is 0.407 e. The maximum absolute atomic E-state index is 11.7. The lowest BCUT2D eigenvalue weighted by atomic mass is 10.0. The van der Waals surface area contributed by atoms with Crippen LogP contribution < -0.4 is 10.6 Å². The van der Waals surface area contributed by atoms with Gasteiger partial charge in [-0.25, -0.2) is 9.59 Å². The van der Waals surface area contributed by atoms with Gasteiger partial charge in [-0.1, -0.05) is 13.8 Å². The van der Waals surface area contributed by atoms with Gasteiger partial charge in [-0.2, -0.15) is 0 Å². The van der Waals surface area contributed by atoms with E-state index < -0.39 is 17.8 Å². The highest BCUT2D eigenvalue weighted by Gasteiger charge is 2.20. The van der Waals surface area contributed by atoms with Crippen LogP contribution in [-0.4, -0.2) is 37.0 Å². The van der Waals surface area contributed by atoms with E-state index in [9.17, 15) is 9.59 Å². The van der Waals surface area contributed by atoms with Gasteiger partial charge in [-0.05, 0) is 40.0 Å². The maximum atomic E-state index is 11.7. The fourth-order valence-electron chi connectivity index (χ4n) is 1.63. The predicted molar refractivity (Wildman–Crippen MR) is 77.6 cm³/mol. The number of hydrogen-bond acceptors (Lipinski definition) is 4. The minimum Gasteiger partial charge on any atom is -0.450 e. The molecule has 0 aromatic heterocycles. The molecule has 0 aliphatic rings. The van der Waals surface area contributed by atoms with E-state index in [0.29, 0.717) is 19.1 Å². The molecule has 2 N–H and O–H groups in total. The number of hydrogen-bond donors (Lipinski definition) is 2. The standard InChI is InChI=1S/C14H28N2O4/c1-7-19-12(17)15-9-11(8-10(2)3)16-13(18)20-14(4,5)6/h10-11H,7-9H2,1-6H3,(H,15,17)(H,16,18)/t11-/m0/s1. The van der Waals surface area contributed by atoms with Gasteiger partial charge in [0.1, 0.15) is 5.60 Å². The summed E-state index contributed by atoms with van der Waals surface area (Å²) in [7, 11) is 0. The summed E-state index contributed by atoms with van der Waals surface area (Å²) >= 11 is 0. The summed E-state index contributed by atoms with van der Waals surface area (Å²) in [6.45, 7) is 11.9. The zero-order valence-corrected chi connectivity index (χ0v) is 13.4. The molecule has 0 spiro atoms. The molecule has 0 aliphatic heterocycles. The number of amides is 2. The lowest BCUT2D eigenvalue weighted by Gasteiger charge is -2.24. The van der Waals surface area contributed by atoms with E-state index in [0.717, 1.165) is 6.42 Å². The fourth-order valence-corrected chi connectivity index (χ4v) is 1.63. The summed E-state index contributed by atoms with van der Waals surface area (Å²) in [5.74, 6) is 0.388. The Labute approximate surface area is 121 Å². The zero-order valence-electron chi connectivity index (χ0n) is 13.4. The molecule has 2 amide bonds. The molecule has 0 aromatic rings. The van der Waals surface area contributed by atoms with Crippen molar-refractivity contribution in [2.45, 2.75) is 59.6 Å². The Morgan fingerprint density at radius 2 is 1.75 bits per heavy atom. The quantitative estimate of drug-likeness (QED) is 0.787. The van der Waals surface area contributed by atoms with Crippen LogP contribution in [0.3, 0.4) is 0 Å². The van der Waals surface area contributed by atoms with E-state index in [4.69, 9.17) is 9.47 Å². The molecule has 0 heterocycles. The summed E-state index contributed by atoms with van der Waals surface area (Å²) in [6.07, 6.45) is -0.216. The summed E-state index contributed by atoms with van der Waals surface area (Å²) in [6, 6.07) is -0.186. The minimum absolute atomic E-state index is 0.186. The first-order valence-electron chi connectivity index (χ1n) is 7.04. The molecule has 0 saturated carbocycles. The van der Waals surface area contributed by atoms with Gasteiger partial charge in [-0.3, -0.25) is 0 Å². The fraction of sp³-hybridized carbons (Fsp3) is 0.857. The largest absolute Gasteiger partial charge is 0.450 e. The van der Waals surface area contributed by atoms with Gasteiger partial charge in [0.15, 0.2) is 0 Å². The van der Waals surface area contributed by atoms with Crippen molar-refractivity contribution in [1.82, 2.24) is 10.6 Å². The molecule has 0 fully saturated rings. The SMILES string of the molecule is CCOC(=O)NC[C@H](CC(C)C)NC(=O)OC(C)(C)C. The summed E-state index contributed by atoms with van der Waals surface area (Å²) in [5.41, 5.74) is -0.541. The van der Waals surface area contributed by atoms with Crippen molar-refractivity contribution in [3.05, 3.63) is 0 Å². The molecule has 0 bridgehead atoms. The van der Waals surface area contributed by atoms with Crippen molar-refractivity contribution in [3.8, 4) is 0 Å². The molecule has 0 radical (unpaired) electrons. The highest BCUT2D eigenvalue weighted by Crippen LogP contribution is 2.09. The minimum atomic E-state index is -0.541. The molecule has 0 unspecified atom stereocenters. The summed E-state index contributed by atoms with van der Waals surface area (Å²) in [4.78, 5) is 23.0. The summed E-state index contributed by atoms with van der Waals surface area (Å²) < 4.78 is 10.00. The number of alkyl carbamates (subject to hydrolysis) is 2. The third-order valence-electron chi connectivity index (χ3n) is 2.25. The number of nitrogens with one attached hydrogen (secondary N) is 2. The molecule has 0 rings (SSSR count). The second kappa shape index (κ2) is 8.66. The number of rotatable bonds is 6. The van der Waals surface area contributed by atoms with Gasteiger partial charge in [-0.15, -0.1) is 0 Å². The number of carbonyl (C=O) groups excluding carboxylic acids is 2. The van der Waals surface area contributed by atoms with E-state index in [1.165, 1.54) is 0 Å². The molecule has 0 aromatic carbocycles. The van der Waals surface area contributed by atoms with Crippen LogP contribution >= 0.6 is 0 Å². The van der Waals surface area contributed by atoms with Crippen LogP contribution in [0, 0.1) is 5.92 Å². The van der Waals surface area contributed by atoms with Crippen molar-refractivity contribution in [2.24, 2.45) is 5.92 Å². The molecule has 0 aliphatic carbocycles. The predicted octanol–water partition coefficient (Wildman–Crippen LogP) is 2.67. The van der Waals surface area contributed by atoms with Crippen LogP contribution in [0.5, 0.6) is 0 Å². The van der Waals surface area contributed by atoms with Crippen molar-refractivity contribution in [3.63, 3.8) is 0 Å². The smallest absolute Gasteiger partial charge is 0.407 e. The van der Waals surface area contributed by atoms with Gasteiger partial charge in [0.25, 0.3) is 0 Å². The summed E-state index contributed by atoms with van der Waals surface area (Å²) in [5, 5.41) is 5.40. The Bertz CT molecular complexity index is 311. The second-order valence-corrected chi connectivity index (χ2v) is 6.07. The van der Waals surface area contributed by atoms with Gasteiger partial charge in [0, 0.05) is 12.6 Å².